The molecule has 0 bridgehead atoms. The van der Waals surface area contributed by atoms with Crippen molar-refractivity contribution in [2.24, 2.45) is 0 Å². The second kappa shape index (κ2) is 11.5. The Bertz CT molecular complexity index is 988. The molecule has 6 heteroatoms. The molecule has 3 fully saturated rings. The highest BCUT2D eigenvalue weighted by molar-refractivity contribution is 5.78. The number of carbonyl (C=O) groups is 1. The van der Waals surface area contributed by atoms with Crippen LogP contribution in [0.3, 0.4) is 0 Å². The molecular formula is C29H37N3O3. The van der Waals surface area contributed by atoms with Gasteiger partial charge < -0.3 is 14.7 Å². The Morgan fingerprint density at radius 1 is 0.914 bits per heavy atom. The summed E-state index contributed by atoms with van der Waals surface area (Å²) in [6.45, 7) is 6.26. The van der Waals surface area contributed by atoms with Gasteiger partial charge in [-0.3, -0.25) is 14.6 Å². The van der Waals surface area contributed by atoms with E-state index < -0.39 is 0 Å². The molecule has 2 aromatic carbocycles. The van der Waals surface area contributed by atoms with Gasteiger partial charge in [-0.05, 0) is 36.1 Å². The lowest BCUT2D eigenvalue weighted by molar-refractivity contribution is -0.138. The highest BCUT2D eigenvalue weighted by Gasteiger charge is 2.49. The van der Waals surface area contributed by atoms with E-state index in [-0.39, 0.29) is 30.5 Å². The number of nitrogens with zero attached hydrogens (tertiary/aromatic N) is 3. The molecule has 0 unspecified atom stereocenters. The average molecular weight is 476 g/mol. The summed E-state index contributed by atoms with van der Waals surface area (Å²) in [7, 11) is 0. The van der Waals surface area contributed by atoms with Crippen molar-refractivity contribution in [2.75, 3.05) is 59.1 Å². The number of aliphatic hydroxyl groups is 1. The molecule has 3 aliphatic heterocycles. The standard InChI is InChI=1S/C29H37N3O3/c33-22-27-29(25-12-10-24(11-13-25)9-8-23-6-2-1-3-7-23)26-20-31(14-4-5-15-32(26)27)28(34)21-30-16-18-35-19-17-30/h1-3,6-13,26-27,29,33H,4-5,14-22H2/b9-8+/t26-,27-,29-/m0/s1. The van der Waals surface area contributed by atoms with Gasteiger partial charge in [0.2, 0.25) is 5.91 Å². The Balaban J connectivity index is 1.28. The lowest BCUT2D eigenvalue weighted by Gasteiger charge is -2.57. The van der Waals surface area contributed by atoms with Crippen LogP contribution < -0.4 is 0 Å². The Kier molecular flexibility index (Phi) is 7.94. The van der Waals surface area contributed by atoms with Crippen molar-refractivity contribution in [2.45, 2.75) is 30.8 Å². The van der Waals surface area contributed by atoms with Gasteiger partial charge in [-0.25, -0.2) is 0 Å². The zero-order valence-electron chi connectivity index (χ0n) is 20.5. The number of ether oxygens (including phenoxy) is 1. The van der Waals surface area contributed by atoms with Crippen LogP contribution in [0.4, 0.5) is 0 Å². The van der Waals surface area contributed by atoms with Crippen molar-refractivity contribution in [3.8, 4) is 0 Å². The van der Waals surface area contributed by atoms with Gasteiger partial charge in [-0.1, -0.05) is 66.7 Å². The third-order valence-electron chi connectivity index (χ3n) is 7.77. The zero-order valence-corrected chi connectivity index (χ0v) is 20.5. The van der Waals surface area contributed by atoms with Crippen LogP contribution in [0.2, 0.25) is 0 Å². The van der Waals surface area contributed by atoms with Crippen molar-refractivity contribution in [1.82, 2.24) is 14.7 Å². The van der Waals surface area contributed by atoms with E-state index in [0.717, 1.165) is 51.1 Å². The summed E-state index contributed by atoms with van der Waals surface area (Å²) in [5.41, 5.74) is 3.60. The molecule has 0 spiro atoms. The molecule has 1 N–H and O–H groups in total. The fourth-order valence-corrected chi connectivity index (χ4v) is 5.80. The van der Waals surface area contributed by atoms with Gasteiger partial charge in [0, 0.05) is 44.2 Å². The minimum absolute atomic E-state index is 0.125. The van der Waals surface area contributed by atoms with Gasteiger partial charge in [0.1, 0.15) is 0 Å². The monoisotopic (exact) mass is 475 g/mol. The normalized spacial score (nSPS) is 26.1. The molecular weight excluding hydrogens is 438 g/mol. The SMILES string of the molecule is O=C(CN1CCOCC1)N1CCCCN2[C@@H](CO)[C@@H](c3ccc(/C=C/c4ccccc4)cc3)[C@@H]2C1. The molecule has 1 amide bonds. The van der Waals surface area contributed by atoms with E-state index in [2.05, 4.69) is 63.2 Å². The summed E-state index contributed by atoms with van der Waals surface area (Å²) in [5, 5.41) is 10.2. The van der Waals surface area contributed by atoms with Crippen molar-refractivity contribution in [3.05, 3.63) is 71.3 Å². The first-order valence-corrected chi connectivity index (χ1v) is 13.0. The molecule has 3 saturated heterocycles. The second-order valence-electron chi connectivity index (χ2n) is 9.93. The molecule has 6 nitrogen and oxygen atoms in total. The molecule has 186 valence electrons. The highest BCUT2D eigenvalue weighted by Crippen LogP contribution is 2.42. The van der Waals surface area contributed by atoms with Crippen LogP contribution in [-0.2, 0) is 9.53 Å². The molecule has 35 heavy (non-hydrogen) atoms. The maximum atomic E-state index is 13.2. The smallest absolute Gasteiger partial charge is 0.236 e. The van der Waals surface area contributed by atoms with Crippen molar-refractivity contribution in [1.29, 1.82) is 0 Å². The Labute approximate surface area is 208 Å². The number of rotatable bonds is 6. The lowest BCUT2D eigenvalue weighted by atomic mass is 9.74. The predicted molar refractivity (Wildman–Crippen MR) is 139 cm³/mol. The number of benzene rings is 2. The molecule has 5 rings (SSSR count). The minimum atomic E-state index is 0.125. The van der Waals surface area contributed by atoms with Gasteiger partial charge >= 0.3 is 0 Å². The van der Waals surface area contributed by atoms with E-state index in [9.17, 15) is 9.90 Å². The van der Waals surface area contributed by atoms with Crippen LogP contribution in [0.15, 0.2) is 54.6 Å². The third kappa shape index (κ3) is 5.67. The number of hydrogen-bond donors (Lipinski definition) is 1. The maximum Gasteiger partial charge on any atom is 0.236 e. The van der Waals surface area contributed by atoms with Gasteiger partial charge in [0.25, 0.3) is 0 Å². The molecule has 0 radical (unpaired) electrons. The molecule has 3 aliphatic rings. The molecule has 2 aromatic rings. The first-order valence-electron chi connectivity index (χ1n) is 13.0. The van der Waals surface area contributed by atoms with Crippen molar-refractivity contribution >= 4 is 18.1 Å². The van der Waals surface area contributed by atoms with E-state index in [1.807, 2.05) is 18.2 Å². The van der Waals surface area contributed by atoms with Crippen LogP contribution in [-0.4, -0.2) is 96.9 Å². The molecule has 3 heterocycles. The quantitative estimate of drug-likeness (QED) is 0.651. The number of hydrogen-bond acceptors (Lipinski definition) is 5. The largest absolute Gasteiger partial charge is 0.395 e. The number of fused-ring (bicyclic) bond motifs is 1. The lowest BCUT2D eigenvalue weighted by Crippen LogP contribution is -2.68. The van der Waals surface area contributed by atoms with Crippen LogP contribution in [0.25, 0.3) is 12.2 Å². The summed E-state index contributed by atoms with van der Waals surface area (Å²) in [6, 6.07) is 19.4. The fraction of sp³-hybridized carbons (Fsp3) is 0.483. The summed E-state index contributed by atoms with van der Waals surface area (Å²) in [5.74, 6) is 0.463. The Hall–Kier alpha value is -2.51. The summed E-state index contributed by atoms with van der Waals surface area (Å²) >= 11 is 0. The van der Waals surface area contributed by atoms with E-state index in [0.29, 0.717) is 19.8 Å². The number of aliphatic hydroxyl groups excluding tert-OH is 1. The van der Waals surface area contributed by atoms with Gasteiger partial charge in [-0.15, -0.1) is 0 Å². The van der Waals surface area contributed by atoms with Gasteiger partial charge in [0.15, 0.2) is 0 Å². The van der Waals surface area contributed by atoms with Crippen LogP contribution in [0.5, 0.6) is 0 Å². The topological polar surface area (TPSA) is 56.2 Å². The molecule has 0 aliphatic carbocycles. The summed E-state index contributed by atoms with van der Waals surface area (Å²) in [6.07, 6.45) is 6.34. The van der Waals surface area contributed by atoms with E-state index in [1.54, 1.807) is 0 Å². The fourth-order valence-electron chi connectivity index (χ4n) is 5.80. The van der Waals surface area contributed by atoms with E-state index in [4.69, 9.17) is 4.74 Å². The number of carbonyl (C=O) groups excluding carboxylic acids is 1. The predicted octanol–water partition coefficient (Wildman–Crippen LogP) is 2.94. The minimum Gasteiger partial charge on any atom is -0.395 e. The second-order valence-corrected chi connectivity index (χ2v) is 9.93. The third-order valence-corrected chi connectivity index (χ3v) is 7.77. The van der Waals surface area contributed by atoms with Crippen molar-refractivity contribution in [3.63, 3.8) is 0 Å². The Morgan fingerprint density at radius 2 is 1.60 bits per heavy atom. The van der Waals surface area contributed by atoms with Crippen LogP contribution in [0, 0.1) is 0 Å². The molecule has 3 atom stereocenters. The number of amides is 1. The molecule has 0 aromatic heterocycles. The first-order chi connectivity index (χ1) is 17.2. The maximum absolute atomic E-state index is 13.2. The van der Waals surface area contributed by atoms with Gasteiger partial charge in [0.05, 0.1) is 26.4 Å². The van der Waals surface area contributed by atoms with Gasteiger partial charge in [-0.2, -0.15) is 0 Å². The highest BCUT2D eigenvalue weighted by atomic mass is 16.5. The number of morpholine rings is 1. The average Bonchev–Trinajstić information content (AvgIpc) is 2.88. The summed E-state index contributed by atoms with van der Waals surface area (Å²) in [4.78, 5) is 19.9. The van der Waals surface area contributed by atoms with E-state index >= 15 is 0 Å². The first kappa shape index (κ1) is 24.2. The zero-order chi connectivity index (χ0) is 24.0. The molecule has 0 saturated carbocycles. The summed E-state index contributed by atoms with van der Waals surface area (Å²) < 4.78 is 5.44. The van der Waals surface area contributed by atoms with Crippen LogP contribution >= 0.6 is 0 Å². The van der Waals surface area contributed by atoms with Crippen LogP contribution in [0.1, 0.15) is 35.4 Å². The van der Waals surface area contributed by atoms with Crippen molar-refractivity contribution < 1.29 is 14.6 Å². The van der Waals surface area contributed by atoms with E-state index in [1.165, 1.54) is 11.1 Å². The Morgan fingerprint density at radius 3 is 2.31 bits per heavy atom.